The number of nitro benzene ring substituents is 1. The van der Waals surface area contributed by atoms with Gasteiger partial charge in [-0.15, -0.1) is 0 Å². The van der Waals surface area contributed by atoms with Gasteiger partial charge < -0.3 is 9.97 Å². The first-order valence-electron chi connectivity index (χ1n) is 7.38. The fourth-order valence-corrected chi connectivity index (χ4v) is 2.27. The molecular weight excluding hydrogens is 322 g/mol. The Morgan fingerprint density at radius 2 is 1.24 bits per heavy atom. The lowest BCUT2D eigenvalue weighted by molar-refractivity contribution is -0.384. The highest BCUT2D eigenvalue weighted by atomic mass is 16.6. The zero-order chi connectivity index (χ0) is 17.8. The molecule has 3 aromatic rings. The Morgan fingerprint density at radius 1 is 0.760 bits per heavy atom. The van der Waals surface area contributed by atoms with Crippen LogP contribution in [-0.4, -0.2) is 14.9 Å². The van der Waals surface area contributed by atoms with Gasteiger partial charge in [0.15, 0.2) is 0 Å². The molecule has 2 aromatic carbocycles. The summed E-state index contributed by atoms with van der Waals surface area (Å²) >= 11 is 0. The number of nitrogens with one attached hydrogen (secondary N) is 2. The van der Waals surface area contributed by atoms with Crippen LogP contribution in [0.4, 0.5) is 5.69 Å². The van der Waals surface area contributed by atoms with E-state index in [0.717, 1.165) is 5.56 Å². The van der Waals surface area contributed by atoms with E-state index in [0.29, 0.717) is 5.56 Å². The molecular formula is C18H13N3O4. The van der Waals surface area contributed by atoms with Gasteiger partial charge in [0.2, 0.25) is 0 Å². The number of non-ortho nitro benzene ring substituents is 1. The standard InChI is InChI=1S/C18H13N3O4/c22-17-15(10-12-4-2-1-3-5-12)19-18(23)16(20-17)11-13-6-8-14(9-7-13)21(24)25/h1-11H,(H,19,23)(H,20,22)/b15-10-,16-11-. The summed E-state index contributed by atoms with van der Waals surface area (Å²) in [6.45, 7) is 0. The summed E-state index contributed by atoms with van der Waals surface area (Å²) in [5.74, 6) is 0. The van der Waals surface area contributed by atoms with Crippen molar-refractivity contribution in [3.63, 3.8) is 0 Å². The molecule has 7 heteroatoms. The molecule has 0 saturated heterocycles. The van der Waals surface area contributed by atoms with Crippen LogP contribution < -0.4 is 21.8 Å². The average Bonchev–Trinajstić information content (AvgIpc) is 2.60. The zero-order valence-corrected chi connectivity index (χ0v) is 12.9. The van der Waals surface area contributed by atoms with Crippen LogP contribution in [0.25, 0.3) is 12.2 Å². The molecule has 0 unspecified atom stereocenters. The Kier molecular flexibility index (Phi) is 4.38. The van der Waals surface area contributed by atoms with E-state index in [1.807, 2.05) is 30.3 Å². The van der Waals surface area contributed by atoms with E-state index in [2.05, 4.69) is 9.97 Å². The van der Waals surface area contributed by atoms with Crippen LogP contribution in [0.3, 0.4) is 0 Å². The van der Waals surface area contributed by atoms with Gasteiger partial charge in [-0.2, -0.15) is 0 Å². The molecule has 0 aliphatic rings. The van der Waals surface area contributed by atoms with Crippen LogP contribution in [-0.2, 0) is 0 Å². The molecule has 1 heterocycles. The van der Waals surface area contributed by atoms with Crippen LogP contribution in [0.2, 0.25) is 0 Å². The second kappa shape index (κ2) is 6.79. The molecule has 124 valence electrons. The quantitative estimate of drug-likeness (QED) is 0.540. The first-order chi connectivity index (χ1) is 12.0. The van der Waals surface area contributed by atoms with Gasteiger partial charge in [-0.05, 0) is 35.4 Å². The van der Waals surface area contributed by atoms with Crippen LogP contribution in [0, 0.1) is 10.1 Å². The number of rotatable bonds is 3. The van der Waals surface area contributed by atoms with Gasteiger partial charge in [-0.3, -0.25) is 19.7 Å². The fraction of sp³-hybridized carbons (Fsp3) is 0. The van der Waals surface area contributed by atoms with E-state index in [-0.39, 0.29) is 16.4 Å². The van der Waals surface area contributed by atoms with Gasteiger partial charge in [0.05, 0.1) is 4.92 Å². The largest absolute Gasteiger partial charge is 0.316 e. The third kappa shape index (κ3) is 3.78. The van der Waals surface area contributed by atoms with Crippen molar-refractivity contribution in [1.29, 1.82) is 0 Å². The summed E-state index contributed by atoms with van der Waals surface area (Å²) in [5, 5.41) is 10.9. The third-order valence-electron chi connectivity index (χ3n) is 3.51. The van der Waals surface area contributed by atoms with Crippen molar-refractivity contribution in [2.24, 2.45) is 0 Å². The van der Waals surface area contributed by atoms with E-state index in [1.165, 1.54) is 30.3 Å². The molecule has 0 amide bonds. The number of hydrogen-bond donors (Lipinski definition) is 2. The molecule has 0 spiro atoms. The van der Waals surface area contributed by atoms with Gasteiger partial charge in [0, 0.05) is 12.1 Å². The van der Waals surface area contributed by atoms with Crippen molar-refractivity contribution in [3.05, 3.63) is 107 Å². The molecule has 0 fully saturated rings. The summed E-state index contributed by atoms with van der Waals surface area (Å²) < 4.78 is 0. The lowest BCUT2D eigenvalue weighted by Gasteiger charge is -1.95. The van der Waals surface area contributed by atoms with Gasteiger partial charge in [0.1, 0.15) is 10.7 Å². The van der Waals surface area contributed by atoms with Crippen LogP contribution in [0.1, 0.15) is 11.1 Å². The molecule has 0 bridgehead atoms. The smallest absolute Gasteiger partial charge is 0.272 e. The molecule has 0 aliphatic carbocycles. The third-order valence-corrected chi connectivity index (χ3v) is 3.51. The summed E-state index contributed by atoms with van der Waals surface area (Å²) in [4.78, 5) is 39.6. The summed E-state index contributed by atoms with van der Waals surface area (Å²) in [7, 11) is 0. The maximum Gasteiger partial charge on any atom is 0.272 e. The molecule has 0 aliphatic heterocycles. The van der Waals surface area contributed by atoms with Crippen molar-refractivity contribution in [2.45, 2.75) is 0 Å². The molecule has 1 aromatic heterocycles. The normalized spacial score (nSPS) is 12.3. The number of nitrogens with zero attached hydrogens (tertiary/aromatic N) is 1. The van der Waals surface area contributed by atoms with Crippen molar-refractivity contribution in [2.75, 3.05) is 0 Å². The highest BCUT2D eigenvalue weighted by molar-refractivity contribution is 5.51. The Bertz CT molecular complexity index is 1140. The highest BCUT2D eigenvalue weighted by Gasteiger charge is 2.03. The highest BCUT2D eigenvalue weighted by Crippen LogP contribution is 2.11. The average molecular weight is 335 g/mol. The molecule has 7 nitrogen and oxygen atoms in total. The number of aromatic amines is 2. The predicted molar refractivity (Wildman–Crippen MR) is 93.6 cm³/mol. The second-order valence-corrected chi connectivity index (χ2v) is 5.28. The van der Waals surface area contributed by atoms with E-state index in [9.17, 15) is 19.7 Å². The van der Waals surface area contributed by atoms with Crippen LogP contribution in [0.15, 0.2) is 64.2 Å². The number of H-pyrrole nitrogens is 2. The van der Waals surface area contributed by atoms with Gasteiger partial charge in [-0.1, -0.05) is 30.3 Å². The van der Waals surface area contributed by atoms with Crippen LogP contribution in [0.5, 0.6) is 0 Å². The summed E-state index contributed by atoms with van der Waals surface area (Å²) in [6, 6.07) is 14.8. The minimum atomic E-state index is -0.507. The molecule has 0 saturated carbocycles. The maximum absolute atomic E-state index is 12.2. The van der Waals surface area contributed by atoms with Gasteiger partial charge >= 0.3 is 0 Å². The van der Waals surface area contributed by atoms with Gasteiger partial charge in [0.25, 0.3) is 16.8 Å². The van der Waals surface area contributed by atoms with E-state index in [1.54, 1.807) is 6.08 Å². The topological polar surface area (TPSA) is 109 Å². The van der Waals surface area contributed by atoms with Crippen molar-refractivity contribution >= 4 is 17.8 Å². The molecule has 0 radical (unpaired) electrons. The maximum atomic E-state index is 12.2. The molecule has 2 N–H and O–H groups in total. The lowest BCUT2D eigenvalue weighted by Crippen LogP contribution is -2.46. The number of nitro groups is 1. The van der Waals surface area contributed by atoms with E-state index in [4.69, 9.17) is 0 Å². The lowest BCUT2D eigenvalue weighted by atomic mass is 10.2. The Labute approximate surface area is 140 Å². The first-order valence-corrected chi connectivity index (χ1v) is 7.38. The number of hydrogen-bond acceptors (Lipinski definition) is 4. The molecule has 3 rings (SSSR count). The van der Waals surface area contributed by atoms with E-state index < -0.39 is 16.0 Å². The monoisotopic (exact) mass is 335 g/mol. The summed E-state index contributed by atoms with van der Waals surface area (Å²) in [6.07, 6.45) is 3.03. The van der Waals surface area contributed by atoms with Crippen molar-refractivity contribution in [1.82, 2.24) is 9.97 Å². The van der Waals surface area contributed by atoms with E-state index >= 15 is 0 Å². The minimum Gasteiger partial charge on any atom is -0.316 e. The predicted octanol–water partition coefficient (Wildman–Crippen LogP) is 0.629. The second-order valence-electron chi connectivity index (χ2n) is 5.28. The minimum absolute atomic E-state index is 0.0487. The first kappa shape index (κ1) is 16.1. The fourth-order valence-electron chi connectivity index (χ4n) is 2.27. The Morgan fingerprint density at radius 3 is 1.72 bits per heavy atom. The SMILES string of the molecule is O=c1[nH]/c(=C\c2ccc([N+](=O)[O-])cc2)c(=O)[nH]/c1=C\c1ccccc1. The molecule has 25 heavy (non-hydrogen) atoms. The number of aromatic nitrogens is 2. The summed E-state index contributed by atoms with van der Waals surface area (Å²) in [5.41, 5.74) is 0.409. The molecule has 0 atom stereocenters. The number of benzene rings is 2. The Balaban J connectivity index is 2.06. The van der Waals surface area contributed by atoms with Gasteiger partial charge in [-0.25, -0.2) is 0 Å². The van der Waals surface area contributed by atoms with Crippen molar-refractivity contribution < 1.29 is 4.92 Å². The van der Waals surface area contributed by atoms with Crippen molar-refractivity contribution in [3.8, 4) is 0 Å². The van der Waals surface area contributed by atoms with Crippen LogP contribution >= 0.6 is 0 Å². The Hall–Kier alpha value is -3.74. The zero-order valence-electron chi connectivity index (χ0n) is 12.9.